The summed E-state index contributed by atoms with van der Waals surface area (Å²) in [5, 5.41) is 7.06. The molecule has 0 unspecified atom stereocenters. The van der Waals surface area contributed by atoms with Gasteiger partial charge in [-0.2, -0.15) is 5.10 Å². The molecular weight excluding hydrogens is 398 g/mol. The minimum atomic E-state index is 0.592. The Balaban J connectivity index is 1.73. The summed E-state index contributed by atoms with van der Waals surface area (Å²) in [5.74, 6) is 1.82. The van der Waals surface area contributed by atoms with Crippen LogP contribution in [0.5, 0.6) is 17.2 Å². The van der Waals surface area contributed by atoms with Crippen molar-refractivity contribution in [2.24, 2.45) is 5.10 Å². The fourth-order valence-electron chi connectivity index (χ4n) is 2.84. The largest absolute Gasteiger partial charge is 0.493 e. The van der Waals surface area contributed by atoms with Gasteiger partial charge in [0.25, 0.3) is 0 Å². The Morgan fingerprint density at radius 1 is 1.07 bits per heavy atom. The highest BCUT2D eigenvalue weighted by molar-refractivity contribution is 7.14. The molecule has 0 radical (unpaired) electrons. The summed E-state index contributed by atoms with van der Waals surface area (Å²) in [6, 6.07) is 10.1. The predicted molar refractivity (Wildman–Crippen MR) is 124 cm³/mol. The maximum absolute atomic E-state index is 5.77. The molecule has 0 aliphatic rings. The van der Waals surface area contributed by atoms with Gasteiger partial charge in [-0.05, 0) is 49.6 Å². The van der Waals surface area contributed by atoms with Crippen molar-refractivity contribution in [1.82, 2.24) is 4.98 Å². The van der Waals surface area contributed by atoms with E-state index in [1.54, 1.807) is 20.4 Å². The Hall–Kier alpha value is -3.06. The molecule has 2 aromatic carbocycles. The second-order valence-electron chi connectivity index (χ2n) is 6.81. The number of hydrogen-bond acceptors (Lipinski definition) is 7. The number of anilines is 1. The highest BCUT2D eigenvalue weighted by atomic mass is 32.1. The van der Waals surface area contributed by atoms with E-state index < -0.39 is 0 Å². The third kappa shape index (κ3) is 5.10. The zero-order valence-electron chi connectivity index (χ0n) is 18.0. The Morgan fingerprint density at radius 3 is 2.43 bits per heavy atom. The van der Waals surface area contributed by atoms with E-state index in [2.05, 4.69) is 54.5 Å². The first-order chi connectivity index (χ1) is 14.5. The minimum absolute atomic E-state index is 0.592. The number of hydrogen-bond donors (Lipinski definition) is 1. The highest BCUT2D eigenvalue weighted by Gasteiger charge is 2.13. The molecule has 0 aliphatic heterocycles. The van der Waals surface area contributed by atoms with E-state index in [9.17, 15) is 0 Å². The molecule has 158 valence electrons. The number of thiazole rings is 1. The molecule has 0 bridgehead atoms. The minimum Gasteiger partial charge on any atom is -0.493 e. The fourth-order valence-corrected chi connectivity index (χ4v) is 3.51. The van der Waals surface area contributed by atoms with Gasteiger partial charge in [0.1, 0.15) is 0 Å². The summed E-state index contributed by atoms with van der Waals surface area (Å²) in [5.41, 5.74) is 8.38. The summed E-state index contributed by atoms with van der Waals surface area (Å²) in [6.45, 7) is 6.86. The molecule has 0 spiro atoms. The Labute approximate surface area is 181 Å². The fraction of sp³-hybridized carbons (Fsp3) is 0.304. The molecule has 30 heavy (non-hydrogen) atoms. The quantitative estimate of drug-likeness (QED) is 0.353. The van der Waals surface area contributed by atoms with Gasteiger partial charge in [0, 0.05) is 16.5 Å². The van der Waals surface area contributed by atoms with Gasteiger partial charge in [-0.15, -0.1) is 11.3 Å². The van der Waals surface area contributed by atoms with E-state index in [1.165, 1.54) is 22.5 Å². The number of rotatable bonds is 9. The number of hydrazone groups is 1. The third-order valence-electron chi connectivity index (χ3n) is 4.61. The van der Waals surface area contributed by atoms with Crippen LogP contribution in [0.25, 0.3) is 11.3 Å². The van der Waals surface area contributed by atoms with Gasteiger partial charge in [0.15, 0.2) is 11.5 Å². The van der Waals surface area contributed by atoms with Crippen LogP contribution in [-0.2, 0) is 0 Å². The van der Waals surface area contributed by atoms with Crippen molar-refractivity contribution in [3.8, 4) is 28.5 Å². The lowest BCUT2D eigenvalue weighted by Gasteiger charge is -2.14. The summed E-state index contributed by atoms with van der Waals surface area (Å²) in [7, 11) is 3.22. The van der Waals surface area contributed by atoms with Crippen molar-refractivity contribution >= 4 is 22.7 Å². The van der Waals surface area contributed by atoms with Crippen LogP contribution < -0.4 is 19.6 Å². The molecule has 7 heteroatoms. The Bertz CT molecular complexity index is 1010. The molecule has 0 aliphatic carbocycles. The van der Waals surface area contributed by atoms with Gasteiger partial charge in [0.05, 0.1) is 32.7 Å². The molecule has 3 rings (SSSR count). The van der Waals surface area contributed by atoms with Crippen molar-refractivity contribution in [2.75, 3.05) is 26.3 Å². The maximum Gasteiger partial charge on any atom is 0.203 e. The van der Waals surface area contributed by atoms with Crippen LogP contribution in [0, 0.1) is 13.8 Å². The average molecular weight is 426 g/mol. The molecular formula is C23H27N3O3S. The molecule has 0 atom stereocenters. The lowest BCUT2D eigenvalue weighted by Crippen LogP contribution is -2.01. The molecule has 6 nitrogen and oxygen atoms in total. The first-order valence-electron chi connectivity index (χ1n) is 9.76. The van der Waals surface area contributed by atoms with Crippen molar-refractivity contribution < 1.29 is 14.2 Å². The van der Waals surface area contributed by atoms with E-state index in [-0.39, 0.29) is 0 Å². The first kappa shape index (κ1) is 21.6. The number of methoxy groups -OCH3 is 2. The van der Waals surface area contributed by atoms with Crippen LogP contribution in [0.4, 0.5) is 5.13 Å². The monoisotopic (exact) mass is 425 g/mol. The van der Waals surface area contributed by atoms with Gasteiger partial charge in [-0.25, -0.2) is 4.98 Å². The van der Waals surface area contributed by atoms with Crippen LogP contribution in [0.2, 0.25) is 0 Å². The van der Waals surface area contributed by atoms with E-state index in [4.69, 9.17) is 14.2 Å². The van der Waals surface area contributed by atoms with Crippen LogP contribution >= 0.6 is 11.3 Å². The lowest BCUT2D eigenvalue weighted by molar-refractivity contribution is 0.275. The second kappa shape index (κ2) is 10.1. The zero-order valence-corrected chi connectivity index (χ0v) is 18.8. The van der Waals surface area contributed by atoms with E-state index in [0.717, 1.165) is 28.4 Å². The number of aryl methyl sites for hydroxylation is 2. The first-order valence-corrected chi connectivity index (χ1v) is 10.6. The predicted octanol–water partition coefficient (Wildman–Crippen LogP) is 5.68. The van der Waals surface area contributed by atoms with Crippen molar-refractivity contribution in [1.29, 1.82) is 0 Å². The van der Waals surface area contributed by atoms with Crippen molar-refractivity contribution in [2.45, 2.75) is 27.2 Å². The lowest BCUT2D eigenvalue weighted by atomic mass is 10.1. The molecule has 1 heterocycles. The zero-order chi connectivity index (χ0) is 21.5. The van der Waals surface area contributed by atoms with E-state index >= 15 is 0 Å². The normalized spacial score (nSPS) is 11.0. The molecule has 1 aromatic heterocycles. The third-order valence-corrected chi connectivity index (χ3v) is 5.36. The number of nitrogens with zero attached hydrogens (tertiary/aromatic N) is 2. The summed E-state index contributed by atoms with van der Waals surface area (Å²) in [4.78, 5) is 4.62. The molecule has 3 aromatic rings. The van der Waals surface area contributed by atoms with Gasteiger partial charge < -0.3 is 14.2 Å². The molecule has 0 amide bonds. The summed E-state index contributed by atoms with van der Waals surface area (Å²) in [6.07, 6.45) is 2.60. The Morgan fingerprint density at radius 2 is 1.80 bits per heavy atom. The standard InChI is InChI=1S/C23H27N3O3S/c1-6-9-29-22-20(27-4)11-17(12-21(22)28-5)13-24-26-23-25-19(14-30-23)18-8-7-15(2)16(3)10-18/h7-8,10-14H,6,9H2,1-5H3,(H,25,26)/b24-13-. The number of nitrogens with one attached hydrogen (secondary N) is 1. The highest BCUT2D eigenvalue weighted by Crippen LogP contribution is 2.38. The van der Waals surface area contributed by atoms with E-state index in [1.807, 2.05) is 17.5 Å². The summed E-state index contributed by atoms with van der Waals surface area (Å²) < 4.78 is 16.7. The van der Waals surface area contributed by atoms with Gasteiger partial charge in [0.2, 0.25) is 10.9 Å². The summed E-state index contributed by atoms with van der Waals surface area (Å²) >= 11 is 1.51. The molecule has 0 fully saturated rings. The topological polar surface area (TPSA) is 65.0 Å². The SMILES string of the molecule is CCCOc1c(OC)cc(/C=N\Nc2nc(-c3ccc(C)c(C)c3)cs2)cc1OC. The van der Waals surface area contributed by atoms with Crippen molar-refractivity contribution in [3.63, 3.8) is 0 Å². The molecule has 0 saturated heterocycles. The van der Waals surface area contributed by atoms with Crippen LogP contribution in [-0.4, -0.2) is 32.0 Å². The molecule has 1 N–H and O–H groups in total. The van der Waals surface area contributed by atoms with Gasteiger partial charge in [-0.3, -0.25) is 5.43 Å². The Kier molecular flexibility index (Phi) is 7.30. The molecule has 0 saturated carbocycles. The maximum atomic E-state index is 5.77. The average Bonchev–Trinajstić information content (AvgIpc) is 3.22. The smallest absolute Gasteiger partial charge is 0.203 e. The van der Waals surface area contributed by atoms with Crippen LogP contribution in [0.3, 0.4) is 0 Å². The second-order valence-corrected chi connectivity index (χ2v) is 7.67. The van der Waals surface area contributed by atoms with Crippen LogP contribution in [0.1, 0.15) is 30.0 Å². The van der Waals surface area contributed by atoms with E-state index in [0.29, 0.717) is 23.9 Å². The van der Waals surface area contributed by atoms with Gasteiger partial charge in [-0.1, -0.05) is 19.1 Å². The van der Waals surface area contributed by atoms with Crippen LogP contribution in [0.15, 0.2) is 40.8 Å². The van der Waals surface area contributed by atoms with Crippen molar-refractivity contribution in [3.05, 3.63) is 52.4 Å². The number of ether oxygens (including phenoxy) is 3. The van der Waals surface area contributed by atoms with Gasteiger partial charge >= 0.3 is 0 Å². The number of aromatic nitrogens is 1. The number of benzene rings is 2.